The van der Waals surface area contributed by atoms with Gasteiger partial charge in [0.1, 0.15) is 11.5 Å². The second-order valence-electron chi connectivity index (χ2n) is 6.46. The van der Waals surface area contributed by atoms with Crippen LogP contribution in [0.2, 0.25) is 0 Å². The van der Waals surface area contributed by atoms with Gasteiger partial charge in [-0.25, -0.2) is 0 Å². The summed E-state index contributed by atoms with van der Waals surface area (Å²) in [5.41, 5.74) is 0.576. The summed E-state index contributed by atoms with van der Waals surface area (Å²) >= 11 is 0. The predicted octanol–water partition coefficient (Wildman–Crippen LogP) is 2.84. The molecular formula is C19H30F2N4O2. The largest absolute Gasteiger partial charge is 0.497 e. The molecule has 0 bridgehead atoms. The van der Waals surface area contributed by atoms with Crippen LogP contribution in [0.25, 0.3) is 0 Å². The second kappa shape index (κ2) is 11.6. The van der Waals surface area contributed by atoms with Gasteiger partial charge in [0.2, 0.25) is 0 Å². The van der Waals surface area contributed by atoms with Gasteiger partial charge in [-0.1, -0.05) is 0 Å². The molecule has 1 aliphatic heterocycles. The van der Waals surface area contributed by atoms with Gasteiger partial charge in [0.05, 0.1) is 7.11 Å². The molecule has 1 fully saturated rings. The molecule has 0 amide bonds. The number of nitrogens with one attached hydrogen (secondary N) is 2. The number of nitrogens with zero attached hydrogens (tertiary/aromatic N) is 2. The molecule has 8 heteroatoms. The minimum absolute atomic E-state index is 0.124. The molecule has 27 heavy (non-hydrogen) atoms. The van der Waals surface area contributed by atoms with Crippen LogP contribution in [0.5, 0.6) is 11.5 Å². The van der Waals surface area contributed by atoms with E-state index < -0.39 is 6.61 Å². The summed E-state index contributed by atoms with van der Waals surface area (Å²) < 4.78 is 34.9. The summed E-state index contributed by atoms with van der Waals surface area (Å²) in [4.78, 5) is 6.68. The van der Waals surface area contributed by atoms with E-state index in [1.54, 1.807) is 19.2 Å². The van der Waals surface area contributed by atoms with E-state index >= 15 is 0 Å². The van der Waals surface area contributed by atoms with Gasteiger partial charge >= 0.3 is 6.61 Å². The number of alkyl halides is 2. The van der Waals surface area contributed by atoms with Crippen molar-refractivity contribution in [2.75, 3.05) is 40.3 Å². The number of ether oxygens (including phenoxy) is 2. The quantitative estimate of drug-likeness (QED) is 0.369. The minimum atomic E-state index is -2.87. The van der Waals surface area contributed by atoms with Crippen molar-refractivity contribution >= 4 is 5.96 Å². The third-order valence-electron chi connectivity index (χ3n) is 4.55. The highest BCUT2D eigenvalue weighted by molar-refractivity contribution is 5.79. The van der Waals surface area contributed by atoms with Gasteiger partial charge in [-0.3, -0.25) is 4.99 Å². The Bertz CT molecular complexity index is 593. The Morgan fingerprint density at radius 2 is 2.00 bits per heavy atom. The van der Waals surface area contributed by atoms with Crippen molar-refractivity contribution in [3.63, 3.8) is 0 Å². The summed E-state index contributed by atoms with van der Waals surface area (Å²) in [5, 5.41) is 6.38. The van der Waals surface area contributed by atoms with Crippen molar-refractivity contribution in [1.29, 1.82) is 0 Å². The molecule has 2 N–H and O–H groups in total. The van der Waals surface area contributed by atoms with E-state index in [1.807, 2.05) is 0 Å². The first kappa shape index (κ1) is 21.2. The lowest BCUT2D eigenvalue weighted by atomic mass is 10.2. The van der Waals surface area contributed by atoms with Gasteiger partial charge in [0, 0.05) is 25.7 Å². The summed E-state index contributed by atoms with van der Waals surface area (Å²) in [5.74, 6) is 1.33. The Kier molecular flexibility index (Phi) is 9.10. The fraction of sp³-hybridized carbons (Fsp3) is 0.632. The number of unbranched alkanes of at least 4 members (excludes halogenated alkanes) is 1. The van der Waals surface area contributed by atoms with Crippen LogP contribution in [0.3, 0.4) is 0 Å². The van der Waals surface area contributed by atoms with Crippen molar-refractivity contribution in [3.8, 4) is 11.5 Å². The smallest absolute Gasteiger partial charge is 0.387 e. The molecule has 0 radical (unpaired) electrons. The van der Waals surface area contributed by atoms with Gasteiger partial charge in [-0.15, -0.1) is 0 Å². The number of guanidine groups is 1. The Hall–Kier alpha value is -2.09. The van der Waals surface area contributed by atoms with Crippen LogP contribution in [0, 0.1) is 0 Å². The predicted molar refractivity (Wildman–Crippen MR) is 103 cm³/mol. The number of rotatable bonds is 10. The lowest BCUT2D eigenvalue weighted by Crippen LogP contribution is -2.37. The first-order valence-electron chi connectivity index (χ1n) is 9.41. The zero-order chi connectivity index (χ0) is 19.5. The minimum Gasteiger partial charge on any atom is -0.497 e. The first-order chi connectivity index (χ1) is 13.1. The Balaban J connectivity index is 1.77. The molecule has 1 saturated heterocycles. The zero-order valence-electron chi connectivity index (χ0n) is 16.1. The third-order valence-corrected chi connectivity index (χ3v) is 4.55. The van der Waals surface area contributed by atoms with E-state index in [0.717, 1.165) is 25.9 Å². The highest BCUT2D eigenvalue weighted by Crippen LogP contribution is 2.25. The van der Waals surface area contributed by atoms with Gasteiger partial charge in [-0.2, -0.15) is 8.78 Å². The monoisotopic (exact) mass is 384 g/mol. The number of aliphatic imine (C=N–C) groups is 1. The molecule has 0 spiro atoms. The fourth-order valence-electron chi connectivity index (χ4n) is 3.10. The maximum Gasteiger partial charge on any atom is 0.387 e. The van der Waals surface area contributed by atoms with Crippen molar-refractivity contribution < 1.29 is 18.3 Å². The van der Waals surface area contributed by atoms with E-state index in [4.69, 9.17) is 4.74 Å². The van der Waals surface area contributed by atoms with E-state index in [9.17, 15) is 8.78 Å². The standard InChI is InChI=1S/C19H30F2N4O2/c1-22-19(23-9-3-4-10-25-11-5-6-12-25)24-14-15-13-16(26-2)7-8-17(15)27-18(20)21/h7-8,13,18H,3-6,9-12,14H2,1-2H3,(H2,22,23,24). The van der Waals surface area contributed by atoms with Crippen LogP contribution in [0.15, 0.2) is 23.2 Å². The van der Waals surface area contributed by atoms with Crippen molar-refractivity contribution in [2.45, 2.75) is 38.8 Å². The molecule has 1 aromatic rings. The molecule has 0 atom stereocenters. The fourth-order valence-corrected chi connectivity index (χ4v) is 3.10. The normalized spacial score (nSPS) is 15.2. The Morgan fingerprint density at radius 1 is 1.22 bits per heavy atom. The molecule has 0 aromatic heterocycles. The molecule has 6 nitrogen and oxygen atoms in total. The van der Waals surface area contributed by atoms with Crippen LogP contribution in [-0.2, 0) is 6.54 Å². The Labute approximate surface area is 159 Å². The molecule has 0 saturated carbocycles. The summed E-state index contributed by atoms with van der Waals surface area (Å²) in [6, 6.07) is 4.75. The van der Waals surface area contributed by atoms with Crippen LogP contribution in [0.4, 0.5) is 8.78 Å². The second-order valence-corrected chi connectivity index (χ2v) is 6.46. The average molecular weight is 384 g/mol. The van der Waals surface area contributed by atoms with Crippen molar-refractivity contribution in [1.82, 2.24) is 15.5 Å². The molecule has 152 valence electrons. The van der Waals surface area contributed by atoms with Crippen LogP contribution < -0.4 is 20.1 Å². The molecule has 1 aliphatic rings. The van der Waals surface area contributed by atoms with Crippen LogP contribution in [0.1, 0.15) is 31.2 Å². The van der Waals surface area contributed by atoms with Gasteiger partial charge < -0.3 is 25.0 Å². The van der Waals surface area contributed by atoms with Crippen molar-refractivity contribution in [3.05, 3.63) is 23.8 Å². The van der Waals surface area contributed by atoms with Gasteiger partial charge in [0.25, 0.3) is 0 Å². The number of halogens is 2. The van der Waals surface area contributed by atoms with Gasteiger partial charge in [0.15, 0.2) is 5.96 Å². The molecule has 0 aliphatic carbocycles. The summed E-state index contributed by atoms with van der Waals surface area (Å²) in [6.07, 6.45) is 4.83. The third kappa shape index (κ3) is 7.58. The number of hydrogen-bond donors (Lipinski definition) is 2. The summed E-state index contributed by atoms with van der Waals surface area (Å²) in [7, 11) is 3.21. The number of benzene rings is 1. The van der Waals surface area contributed by atoms with Gasteiger partial charge in [-0.05, 0) is 63.5 Å². The van der Waals surface area contributed by atoms with E-state index in [2.05, 4.69) is 25.3 Å². The number of likely N-dealkylation sites (tertiary alicyclic amines) is 1. The lowest BCUT2D eigenvalue weighted by Gasteiger charge is -2.16. The number of hydrogen-bond acceptors (Lipinski definition) is 4. The topological polar surface area (TPSA) is 58.1 Å². The molecule has 2 rings (SSSR count). The Morgan fingerprint density at radius 3 is 2.67 bits per heavy atom. The molecule has 1 heterocycles. The van der Waals surface area contributed by atoms with Crippen molar-refractivity contribution in [2.24, 2.45) is 4.99 Å². The average Bonchev–Trinajstić information content (AvgIpc) is 3.18. The molecule has 0 unspecified atom stereocenters. The van der Waals surface area contributed by atoms with E-state index in [1.165, 1.54) is 39.1 Å². The first-order valence-corrected chi connectivity index (χ1v) is 9.41. The number of methoxy groups -OCH3 is 1. The maximum absolute atomic E-state index is 12.6. The maximum atomic E-state index is 12.6. The highest BCUT2D eigenvalue weighted by atomic mass is 19.3. The highest BCUT2D eigenvalue weighted by Gasteiger charge is 2.12. The van der Waals surface area contributed by atoms with Crippen LogP contribution >= 0.6 is 0 Å². The summed E-state index contributed by atoms with van der Waals surface area (Å²) in [6.45, 7) is 1.83. The zero-order valence-corrected chi connectivity index (χ0v) is 16.1. The molecular weight excluding hydrogens is 354 g/mol. The van der Waals surface area contributed by atoms with E-state index in [0.29, 0.717) is 23.8 Å². The van der Waals surface area contributed by atoms with Crippen LogP contribution in [-0.4, -0.2) is 57.8 Å². The SMILES string of the molecule is CN=C(NCCCCN1CCCC1)NCc1cc(OC)ccc1OC(F)F. The molecule has 1 aromatic carbocycles. The lowest BCUT2D eigenvalue weighted by molar-refractivity contribution is -0.0504. The van der Waals surface area contributed by atoms with E-state index in [-0.39, 0.29) is 5.75 Å².